The predicted octanol–water partition coefficient (Wildman–Crippen LogP) is 0.341. The Labute approximate surface area is 131 Å². The van der Waals surface area contributed by atoms with Crippen LogP contribution in [0.3, 0.4) is 0 Å². The van der Waals surface area contributed by atoms with Gasteiger partial charge in [0.2, 0.25) is 5.91 Å². The molecule has 2 rings (SSSR count). The van der Waals surface area contributed by atoms with E-state index < -0.39 is 5.54 Å². The van der Waals surface area contributed by atoms with E-state index >= 15 is 0 Å². The molecule has 7 nitrogen and oxygen atoms in total. The van der Waals surface area contributed by atoms with E-state index in [1.807, 2.05) is 6.92 Å². The van der Waals surface area contributed by atoms with Gasteiger partial charge in [-0.15, -0.1) is 0 Å². The van der Waals surface area contributed by atoms with Crippen LogP contribution in [0, 0.1) is 5.92 Å². The molecular formula is C15H26N4O3. The Balaban J connectivity index is 1.78. The number of urea groups is 1. The van der Waals surface area contributed by atoms with Gasteiger partial charge in [0.05, 0.1) is 5.54 Å². The number of carbonyl (C=O) groups is 3. The monoisotopic (exact) mass is 310 g/mol. The Morgan fingerprint density at radius 1 is 1.45 bits per heavy atom. The van der Waals surface area contributed by atoms with Crippen molar-refractivity contribution in [1.82, 2.24) is 15.5 Å². The Morgan fingerprint density at radius 2 is 2.09 bits per heavy atom. The second-order valence-electron chi connectivity index (χ2n) is 7.06. The molecule has 124 valence electrons. The number of rotatable bonds is 7. The van der Waals surface area contributed by atoms with Gasteiger partial charge in [0.25, 0.3) is 5.91 Å². The molecule has 2 aliphatic rings. The summed E-state index contributed by atoms with van der Waals surface area (Å²) in [5.41, 5.74) is 4.58. The van der Waals surface area contributed by atoms with Crippen LogP contribution in [0.2, 0.25) is 0 Å². The molecule has 0 aromatic heterocycles. The SMILES string of the molecule is CC1(C)NC(=O)N(CCCC(=O)NC(C)(CN)C2CC2)C1=O. The van der Waals surface area contributed by atoms with Crippen LogP contribution in [-0.2, 0) is 9.59 Å². The highest BCUT2D eigenvalue weighted by Gasteiger charge is 2.44. The molecule has 1 aliphatic heterocycles. The van der Waals surface area contributed by atoms with Crippen molar-refractivity contribution < 1.29 is 14.4 Å². The van der Waals surface area contributed by atoms with Crippen molar-refractivity contribution >= 4 is 17.8 Å². The molecule has 22 heavy (non-hydrogen) atoms. The molecule has 4 amide bonds. The number of nitrogens with one attached hydrogen (secondary N) is 2. The van der Waals surface area contributed by atoms with Gasteiger partial charge in [-0.1, -0.05) is 0 Å². The first-order chi connectivity index (χ1) is 10.2. The van der Waals surface area contributed by atoms with E-state index in [1.54, 1.807) is 13.8 Å². The van der Waals surface area contributed by atoms with E-state index in [-0.39, 0.29) is 36.3 Å². The van der Waals surface area contributed by atoms with Crippen molar-refractivity contribution in [2.24, 2.45) is 11.7 Å². The van der Waals surface area contributed by atoms with Crippen molar-refractivity contribution in [3.8, 4) is 0 Å². The van der Waals surface area contributed by atoms with Crippen LogP contribution in [0.5, 0.6) is 0 Å². The average Bonchev–Trinajstić information content (AvgIpc) is 3.24. The number of carbonyl (C=O) groups excluding carboxylic acids is 3. The summed E-state index contributed by atoms with van der Waals surface area (Å²) in [7, 11) is 0. The molecular weight excluding hydrogens is 284 g/mol. The van der Waals surface area contributed by atoms with Gasteiger partial charge in [0.15, 0.2) is 0 Å². The van der Waals surface area contributed by atoms with Crippen molar-refractivity contribution in [3.63, 3.8) is 0 Å². The first-order valence-electron chi connectivity index (χ1n) is 7.85. The van der Waals surface area contributed by atoms with Crippen molar-refractivity contribution in [2.75, 3.05) is 13.1 Å². The molecule has 0 aromatic carbocycles. The van der Waals surface area contributed by atoms with Crippen LogP contribution in [0.25, 0.3) is 0 Å². The minimum Gasteiger partial charge on any atom is -0.349 e. The maximum atomic E-state index is 12.0. The molecule has 0 radical (unpaired) electrons. The van der Waals surface area contributed by atoms with E-state index in [0.717, 1.165) is 12.8 Å². The molecule has 7 heteroatoms. The average molecular weight is 310 g/mol. The quantitative estimate of drug-likeness (QED) is 0.590. The summed E-state index contributed by atoms with van der Waals surface area (Å²) in [6.45, 7) is 5.99. The number of nitrogens with two attached hydrogens (primary N) is 1. The molecule has 0 aromatic rings. The van der Waals surface area contributed by atoms with E-state index in [9.17, 15) is 14.4 Å². The van der Waals surface area contributed by atoms with E-state index in [1.165, 1.54) is 4.90 Å². The summed E-state index contributed by atoms with van der Waals surface area (Å²) in [6, 6.07) is -0.389. The standard InChI is InChI=1S/C15H26N4O3/c1-14(2)12(21)19(13(22)18-14)8-4-5-11(20)17-15(3,9-16)10-6-7-10/h10H,4-9,16H2,1-3H3,(H,17,20)(H,18,22). The van der Waals surface area contributed by atoms with Crippen LogP contribution in [0.4, 0.5) is 4.79 Å². The van der Waals surface area contributed by atoms with Gasteiger partial charge < -0.3 is 16.4 Å². The third-order valence-corrected chi connectivity index (χ3v) is 4.56. The zero-order valence-corrected chi connectivity index (χ0v) is 13.6. The van der Waals surface area contributed by atoms with Crippen LogP contribution in [-0.4, -0.2) is 46.9 Å². The van der Waals surface area contributed by atoms with E-state index in [4.69, 9.17) is 5.73 Å². The van der Waals surface area contributed by atoms with Crippen molar-refractivity contribution in [3.05, 3.63) is 0 Å². The molecule has 4 N–H and O–H groups in total. The Morgan fingerprint density at radius 3 is 2.55 bits per heavy atom. The lowest BCUT2D eigenvalue weighted by molar-refractivity contribution is -0.130. The molecule has 1 aliphatic carbocycles. The molecule has 1 atom stereocenters. The van der Waals surface area contributed by atoms with Gasteiger partial charge in [0.1, 0.15) is 5.54 Å². The fourth-order valence-electron chi connectivity index (χ4n) is 2.84. The lowest BCUT2D eigenvalue weighted by Gasteiger charge is -2.29. The molecule has 0 bridgehead atoms. The predicted molar refractivity (Wildman–Crippen MR) is 81.9 cm³/mol. The summed E-state index contributed by atoms with van der Waals surface area (Å²) < 4.78 is 0. The van der Waals surface area contributed by atoms with Crippen LogP contribution in [0.15, 0.2) is 0 Å². The Hall–Kier alpha value is -1.63. The lowest BCUT2D eigenvalue weighted by atomic mass is 9.95. The summed E-state index contributed by atoms with van der Waals surface area (Å²) in [5, 5.41) is 5.62. The Bertz CT molecular complexity index is 487. The highest BCUT2D eigenvalue weighted by Crippen LogP contribution is 2.39. The van der Waals surface area contributed by atoms with Gasteiger partial charge in [-0.2, -0.15) is 0 Å². The highest BCUT2D eigenvalue weighted by molar-refractivity contribution is 6.06. The van der Waals surface area contributed by atoms with Crippen molar-refractivity contribution in [1.29, 1.82) is 0 Å². The van der Waals surface area contributed by atoms with Crippen LogP contribution in [0.1, 0.15) is 46.5 Å². The van der Waals surface area contributed by atoms with Gasteiger partial charge in [-0.3, -0.25) is 14.5 Å². The first-order valence-corrected chi connectivity index (χ1v) is 7.85. The number of hydrogen-bond acceptors (Lipinski definition) is 4. The third-order valence-electron chi connectivity index (χ3n) is 4.56. The third kappa shape index (κ3) is 3.40. The summed E-state index contributed by atoms with van der Waals surface area (Å²) in [6.07, 6.45) is 2.93. The van der Waals surface area contributed by atoms with Crippen LogP contribution < -0.4 is 16.4 Å². The molecule has 1 heterocycles. The maximum Gasteiger partial charge on any atom is 0.325 e. The zero-order valence-electron chi connectivity index (χ0n) is 13.6. The molecule has 0 spiro atoms. The fourth-order valence-corrected chi connectivity index (χ4v) is 2.84. The molecule has 1 saturated carbocycles. The second-order valence-corrected chi connectivity index (χ2v) is 7.06. The van der Waals surface area contributed by atoms with Crippen molar-refractivity contribution in [2.45, 2.75) is 57.5 Å². The Kier molecular flexibility index (Phi) is 4.47. The molecule has 2 fully saturated rings. The topological polar surface area (TPSA) is 105 Å². The lowest BCUT2D eigenvalue weighted by Crippen LogP contribution is -2.53. The second kappa shape index (κ2) is 5.87. The van der Waals surface area contributed by atoms with Crippen LogP contribution >= 0.6 is 0 Å². The largest absolute Gasteiger partial charge is 0.349 e. The highest BCUT2D eigenvalue weighted by atomic mass is 16.2. The minimum atomic E-state index is -0.858. The van der Waals surface area contributed by atoms with Gasteiger partial charge >= 0.3 is 6.03 Å². The van der Waals surface area contributed by atoms with E-state index in [2.05, 4.69) is 10.6 Å². The van der Waals surface area contributed by atoms with Gasteiger partial charge in [0, 0.05) is 19.5 Å². The maximum absolute atomic E-state index is 12.0. The molecule has 1 saturated heterocycles. The van der Waals surface area contributed by atoms with E-state index in [0.29, 0.717) is 18.9 Å². The zero-order chi connectivity index (χ0) is 16.5. The smallest absolute Gasteiger partial charge is 0.325 e. The first kappa shape index (κ1) is 16.7. The fraction of sp³-hybridized carbons (Fsp3) is 0.800. The molecule has 1 unspecified atom stereocenters. The summed E-state index contributed by atoms with van der Waals surface area (Å²) in [4.78, 5) is 37.0. The van der Waals surface area contributed by atoms with Gasteiger partial charge in [-0.05, 0) is 46.0 Å². The number of amides is 4. The normalized spacial score (nSPS) is 23.2. The number of nitrogens with zero attached hydrogens (tertiary/aromatic N) is 1. The summed E-state index contributed by atoms with van der Waals surface area (Å²) in [5.74, 6) is 0.141. The van der Waals surface area contributed by atoms with Gasteiger partial charge in [-0.25, -0.2) is 4.79 Å². The summed E-state index contributed by atoms with van der Waals surface area (Å²) >= 11 is 0. The number of hydrogen-bond donors (Lipinski definition) is 3. The number of imide groups is 1. The minimum absolute atomic E-state index is 0.0776.